The molecule has 0 spiro atoms. The van der Waals surface area contributed by atoms with E-state index in [9.17, 15) is 0 Å². The molecule has 0 aliphatic carbocycles. The van der Waals surface area contributed by atoms with E-state index < -0.39 is 0 Å². The van der Waals surface area contributed by atoms with Gasteiger partial charge in [0, 0.05) is 12.6 Å². The number of rotatable bonds is 5. The van der Waals surface area contributed by atoms with Gasteiger partial charge in [0.1, 0.15) is 5.38 Å². The summed E-state index contributed by atoms with van der Waals surface area (Å²) in [5, 5.41) is 8.15. The zero-order valence-electron chi connectivity index (χ0n) is 8.05. The van der Waals surface area contributed by atoms with Crippen LogP contribution in [0.3, 0.4) is 0 Å². The summed E-state index contributed by atoms with van der Waals surface area (Å²) in [5.74, 6) is 0. The van der Waals surface area contributed by atoms with Gasteiger partial charge in [-0.3, -0.25) is 4.90 Å². The minimum atomic E-state index is -0.376. The van der Waals surface area contributed by atoms with Gasteiger partial charge < -0.3 is 0 Å². The van der Waals surface area contributed by atoms with Crippen LogP contribution in [0.4, 0.5) is 0 Å². The van der Waals surface area contributed by atoms with Crippen LogP contribution >= 0.6 is 11.6 Å². The summed E-state index contributed by atoms with van der Waals surface area (Å²) in [6.07, 6.45) is 1.10. The van der Waals surface area contributed by atoms with E-state index in [1.54, 1.807) is 0 Å². The van der Waals surface area contributed by atoms with Crippen LogP contribution in [-0.4, -0.2) is 29.4 Å². The van der Waals surface area contributed by atoms with Crippen molar-refractivity contribution in [2.45, 2.75) is 38.6 Å². The molecule has 0 aromatic carbocycles. The fraction of sp³-hybridized carbons (Fsp3) is 0.889. The fourth-order valence-electron chi connectivity index (χ4n) is 1.13. The summed E-state index contributed by atoms with van der Waals surface area (Å²) in [4.78, 5) is 2.22. The van der Waals surface area contributed by atoms with Gasteiger partial charge in [-0.25, -0.2) is 0 Å². The smallest absolute Gasteiger partial charge is 0.133 e. The summed E-state index contributed by atoms with van der Waals surface area (Å²) >= 11 is 5.74. The van der Waals surface area contributed by atoms with E-state index in [1.165, 1.54) is 0 Å². The molecule has 2 unspecified atom stereocenters. The van der Waals surface area contributed by atoms with Crippen molar-refractivity contribution in [3.05, 3.63) is 0 Å². The largest absolute Gasteiger partial charge is 0.298 e. The van der Waals surface area contributed by atoms with Gasteiger partial charge in [0.05, 0.1) is 6.07 Å². The molecular formula is C9H17ClN2. The Morgan fingerprint density at radius 2 is 2.08 bits per heavy atom. The minimum absolute atomic E-state index is 0.376. The van der Waals surface area contributed by atoms with Crippen LogP contribution < -0.4 is 0 Å². The van der Waals surface area contributed by atoms with E-state index in [1.807, 2.05) is 6.07 Å². The third kappa shape index (κ3) is 3.94. The summed E-state index contributed by atoms with van der Waals surface area (Å²) < 4.78 is 0. The molecule has 0 amide bonds. The highest BCUT2D eigenvalue weighted by Gasteiger charge is 2.13. The third-order valence-electron chi connectivity index (χ3n) is 2.16. The van der Waals surface area contributed by atoms with E-state index in [0.717, 1.165) is 13.0 Å². The molecule has 0 heterocycles. The zero-order valence-corrected chi connectivity index (χ0v) is 8.80. The third-order valence-corrected chi connectivity index (χ3v) is 2.39. The quantitative estimate of drug-likeness (QED) is 0.619. The Labute approximate surface area is 80.1 Å². The van der Waals surface area contributed by atoms with Gasteiger partial charge in [-0.2, -0.15) is 5.26 Å². The Kier molecular flexibility index (Phi) is 6.14. The maximum atomic E-state index is 8.53. The molecule has 12 heavy (non-hydrogen) atoms. The molecule has 0 radical (unpaired) electrons. The first-order valence-corrected chi connectivity index (χ1v) is 4.87. The molecule has 2 atom stereocenters. The predicted octanol–water partition coefficient (Wildman–Crippen LogP) is 2.24. The SMILES string of the molecule is CCC(C)N(CC)CC(Cl)C#N. The molecule has 2 nitrogen and oxygen atoms in total. The number of hydrogen-bond acceptors (Lipinski definition) is 2. The lowest BCUT2D eigenvalue weighted by atomic mass is 10.2. The van der Waals surface area contributed by atoms with Crippen molar-refractivity contribution in [1.82, 2.24) is 4.90 Å². The van der Waals surface area contributed by atoms with Gasteiger partial charge in [0.15, 0.2) is 0 Å². The predicted molar refractivity (Wildman–Crippen MR) is 52.3 cm³/mol. The van der Waals surface area contributed by atoms with Gasteiger partial charge in [0.25, 0.3) is 0 Å². The molecule has 0 aromatic rings. The van der Waals surface area contributed by atoms with Crippen molar-refractivity contribution in [1.29, 1.82) is 5.26 Å². The molecule has 0 aliphatic heterocycles. The number of halogens is 1. The standard InChI is InChI=1S/C9H17ClN2/c1-4-8(3)12(5-2)7-9(10)6-11/h8-9H,4-5,7H2,1-3H3. The first-order chi connectivity index (χ1) is 5.65. The van der Waals surface area contributed by atoms with E-state index in [4.69, 9.17) is 16.9 Å². The zero-order chi connectivity index (χ0) is 9.56. The monoisotopic (exact) mass is 188 g/mol. The van der Waals surface area contributed by atoms with Crippen molar-refractivity contribution >= 4 is 11.6 Å². The Morgan fingerprint density at radius 3 is 2.42 bits per heavy atom. The van der Waals surface area contributed by atoms with E-state index >= 15 is 0 Å². The molecule has 0 fully saturated rings. The van der Waals surface area contributed by atoms with Gasteiger partial charge in [-0.1, -0.05) is 13.8 Å². The Balaban J connectivity index is 3.92. The van der Waals surface area contributed by atoms with E-state index in [2.05, 4.69) is 25.7 Å². The van der Waals surface area contributed by atoms with Crippen LogP contribution in [0.15, 0.2) is 0 Å². The molecule has 0 bridgehead atoms. The molecular weight excluding hydrogens is 172 g/mol. The van der Waals surface area contributed by atoms with E-state index in [-0.39, 0.29) is 5.38 Å². The van der Waals surface area contributed by atoms with Crippen LogP contribution in [0, 0.1) is 11.3 Å². The average Bonchev–Trinajstić information content (AvgIpc) is 2.12. The number of alkyl halides is 1. The lowest BCUT2D eigenvalue weighted by Gasteiger charge is -2.26. The average molecular weight is 189 g/mol. The first-order valence-electron chi connectivity index (χ1n) is 4.43. The molecule has 70 valence electrons. The highest BCUT2D eigenvalue weighted by atomic mass is 35.5. The molecule has 0 aliphatic rings. The highest BCUT2D eigenvalue weighted by Crippen LogP contribution is 2.06. The Bertz CT molecular complexity index is 153. The molecule has 0 N–H and O–H groups in total. The first kappa shape index (κ1) is 11.7. The molecule has 3 heteroatoms. The number of hydrogen-bond donors (Lipinski definition) is 0. The summed E-state index contributed by atoms with van der Waals surface area (Å²) in [7, 11) is 0. The molecule has 0 aromatic heterocycles. The second-order valence-corrected chi connectivity index (χ2v) is 3.47. The maximum absolute atomic E-state index is 8.53. The van der Waals surface area contributed by atoms with Gasteiger partial charge in [-0.15, -0.1) is 11.6 Å². The van der Waals surface area contributed by atoms with Crippen LogP contribution in [0.2, 0.25) is 0 Å². The van der Waals surface area contributed by atoms with Gasteiger partial charge >= 0.3 is 0 Å². The minimum Gasteiger partial charge on any atom is -0.298 e. The summed E-state index contributed by atoms with van der Waals surface area (Å²) in [6.45, 7) is 8.02. The molecule has 0 saturated carbocycles. The normalized spacial score (nSPS) is 15.7. The van der Waals surface area contributed by atoms with Crippen molar-refractivity contribution < 1.29 is 0 Å². The topological polar surface area (TPSA) is 27.0 Å². The van der Waals surface area contributed by atoms with Crippen molar-refractivity contribution in [3.63, 3.8) is 0 Å². The highest BCUT2D eigenvalue weighted by molar-refractivity contribution is 6.22. The van der Waals surface area contributed by atoms with Crippen LogP contribution in [0.1, 0.15) is 27.2 Å². The van der Waals surface area contributed by atoms with Gasteiger partial charge in [-0.05, 0) is 19.9 Å². The summed E-state index contributed by atoms with van der Waals surface area (Å²) in [5.41, 5.74) is 0. The van der Waals surface area contributed by atoms with Crippen molar-refractivity contribution in [2.24, 2.45) is 0 Å². The van der Waals surface area contributed by atoms with Crippen LogP contribution in [-0.2, 0) is 0 Å². The maximum Gasteiger partial charge on any atom is 0.133 e. The number of nitriles is 1. The lowest BCUT2D eigenvalue weighted by molar-refractivity contribution is 0.221. The Hall–Kier alpha value is -0.260. The Morgan fingerprint density at radius 1 is 1.50 bits per heavy atom. The second-order valence-electron chi connectivity index (χ2n) is 2.94. The molecule has 0 rings (SSSR count). The van der Waals surface area contributed by atoms with Gasteiger partial charge in [0.2, 0.25) is 0 Å². The number of nitrogens with zero attached hydrogens (tertiary/aromatic N) is 2. The van der Waals surface area contributed by atoms with Crippen LogP contribution in [0.25, 0.3) is 0 Å². The summed E-state index contributed by atoms with van der Waals surface area (Å²) in [6, 6.07) is 2.55. The van der Waals surface area contributed by atoms with Crippen LogP contribution in [0.5, 0.6) is 0 Å². The second kappa shape index (κ2) is 6.28. The van der Waals surface area contributed by atoms with Crippen molar-refractivity contribution in [3.8, 4) is 6.07 Å². The van der Waals surface area contributed by atoms with E-state index in [0.29, 0.717) is 12.6 Å². The lowest BCUT2D eigenvalue weighted by Crippen LogP contribution is -2.36. The fourth-order valence-corrected chi connectivity index (χ4v) is 1.30. The van der Waals surface area contributed by atoms with Crippen molar-refractivity contribution in [2.75, 3.05) is 13.1 Å². The molecule has 0 saturated heterocycles.